The van der Waals surface area contributed by atoms with Gasteiger partial charge in [-0.05, 0) is 32.6 Å². The molecule has 0 aromatic carbocycles. The Morgan fingerprint density at radius 3 is 2.75 bits per heavy atom. The van der Waals surface area contributed by atoms with E-state index in [1.807, 2.05) is 11.0 Å². The summed E-state index contributed by atoms with van der Waals surface area (Å²) in [5.41, 5.74) is 0. The Labute approximate surface area is 143 Å². The van der Waals surface area contributed by atoms with E-state index in [1.54, 1.807) is 6.92 Å². The highest BCUT2D eigenvalue weighted by molar-refractivity contribution is 7.92. The number of nitrogens with zero attached hydrogens (tertiary/aromatic N) is 4. The molecular formula is C16H26N4O3S. The highest BCUT2D eigenvalue weighted by Gasteiger charge is 2.28. The molecule has 1 aromatic rings. The van der Waals surface area contributed by atoms with E-state index < -0.39 is 9.84 Å². The Hall–Kier alpha value is -1.41. The SMILES string of the molecule is CC1CCN(c2cc(N3CCCCC3CO)ncn2)CCS1(=O)=O. The van der Waals surface area contributed by atoms with Gasteiger partial charge in [0.15, 0.2) is 9.84 Å². The number of aliphatic hydroxyl groups is 1. The fourth-order valence-corrected chi connectivity index (χ4v) is 4.80. The van der Waals surface area contributed by atoms with Crippen LogP contribution in [0.25, 0.3) is 0 Å². The van der Waals surface area contributed by atoms with Crippen molar-refractivity contribution < 1.29 is 13.5 Å². The Bertz CT molecular complexity index is 667. The number of hydrogen-bond donors (Lipinski definition) is 1. The van der Waals surface area contributed by atoms with E-state index in [9.17, 15) is 13.5 Å². The van der Waals surface area contributed by atoms with Crippen LogP contribution in [-0.4, -0.2) is 66.8 Å². The van der Waals surface area contributed by atoms with Crippen molar-refractivity contribution in [3.63, 3.8) is 0 Å². The van der Waals surface area contributed by atoms with Crippen LogP contribution >= 0.6 is 0 Å². The van der Waals surface area contributed by atoms with Crippen molar-refractivity contribution >= 4 is 21.5 Å². The summed E-state index contributed by atoms with van der Waals surface area (Å²) < 4.78 is 24.2. The van der Waals surface area contributed by atoms with Crippen LogP contribution in [-0.2, 0) is 9.84 Å². The lowest BCUT2D eigenvalue weighted by molar-refractivity contribution is 0.239. The zero-order chi connectivity index (χ0) is 17.2. The average Bonchev–Trinajstić information content (AvgIpc) is 2.74. The number of aliphatic hydroxyl groups excluding tert-OH is 1. The molecule has 24 heavy (non-hydrogen) atoms. The minimum Gasteiger partial charge on any atom is -0.394 e. The van der Waals surface area contributed by atoms with E-state index in [0.29, 0.717) is 19.5 Å². The first-order valence-corrected chi connectivity index (χ1v) is 10.4. The largest absolute Gasteiger partial charge is 0.394 e. The molecule has 0 amide bonds. The van der Waals surface area contributed by atoms with Gasteiger partial charge < -0.3 is 14.9 Å². The number of anilines is 2. The summed E-state index contributed by atoms with van der Waals surface area (Å²) in [6.07, 6.45) is 5.34. The second kappa shape index (κ2) is 7.23. The first kappa shape index (κ1) is 17.4. The Kier molecular flexibility index (Phi) is 5.24. The van der Waals surface area contributed by atoms with Crippen molar-refractivity contribution in [1.29, 1.82) is 0 Å². The monoisotopic (exact) mass is 354 g/mol. The van der Waals surface area contributed by atoms with E-state index in [4.69, 9.17) is 0 Å². The van der Waals surface area contributed by atoms with Crippen LogP contribution in [0.1, 0.15) is 32.6 Å². The molecule has 7 nitrogen and oxygen atoms in total. The summed E-state index contributed by atoms with van der Waals surface area (Å²) in [6, 6.07) is 2.03. The van der Waals surface area contributed by atoms with Gasteiger partial charge in [0.1, 0.15) is 18.0 Å². The van der Waals surface area contributed by atoms with Crippen LogP contribution in [0.3, 0.4) is 0 Å². The van der Waals surface area contributed by atoms with Crippen LogP contribution in [0.15, 0.2) is 12.4 Å². The highest BCUT2D eigenvalue weighted by atomic mass is 32.2. The predicted molar refractivity (Wildman–Crippen MR) is 94.2 cm³/mol. The summed E-state index contributed by atoms with van der Waals surface area (Å²) >= 11 is 0. The number of hydrogen-bond acceptors (Lipinski definition) is 7. The van der Waals surface area contributed by atoms with E-state index in [-0.39, 0.29) is 23.7 Å². The maximum absolute atomic E-state index is 12.1. The first-order chi connectivity index (χ1) is 11.5. The molecule has 3 rings (SSSR count). The summed E-state index contributed by atoms with van der Waals surface area (Å²) in [5.74, 6) is 1.75. The highest BCUT2D eigenvalue weighted by Crippen LogP contribution is 2.26. The number of aromatic nitrogens is 2. The quantitative estimate of drug-likeness (QED) is 0.861. The molecule has 0 aliphatic carbocycles. The van der Waals surface area contributed by atoms with E-state index in [0.717, 1.165) is 37.4 Å². The molecule has 2 atom stereocenters. The molecule has 1 N–H and O–H groups in total. The topological polar surface area (TPSA) is 86.6 Å². The van der Waals surface area contributed by atoms with E-state index >= 15 is 0 Å². The standard InChI is InChI=1S/C16H26N4O3S/c1-13-5-7-19(8-9-24(13,22)23)15-10-16(18-12-17-15)20-6-3-2-4-14(20)11-21/h10,12-14,21H,2-9,11H2,1H3. The van der Waals surface area contributed by atoms with Crippen LogP contribution in [0, 0.1) is 0 Å². The molecule has 2 unspecified atom stereocenters. The molecule has 3 heterocycles. The Morgan fingerprint density at radius 1 is 1.17 bits per heavy atom. The molecule has 2 aliphatic heterocycles. The molecule has 1 aromatic heterocycles. The third-order valence-corrected chi connectivity index (χ3v) is 7.37. The van der Waals surface area contributed by atoms with E-state index in [1.165, 1.54) is 6.33 Å². The zero-order valence-electron chi connectivity index (χ0n) is 14.1. The molecule has 0 saturated carbocycles. The zero-order valence-corrected chi connectivity index (χ0v) is 15.0. The van der Waals surface area contributed by atoms with Crippen molar-refractivity contribution in [2.75, 3.05) is 41.8 Å². The smallest absolute Gasteiger partial charge is 0.154 e. The molecule has 0 bridgehead atoms. The van der Waals surface area contributed by atoms with Crippen molar-refractivity contribution in [2.24, 2.45) is 0 Å². The van der Waals surface area contributed by atoms with Gasteiger partial charge in [0.05, 0.1) is 23.7 Å². The third-order valence-electron chi connectivity index (χ3n) is 5.16. The number of rotatable bonds is 3. The van der Waals surface area contributed by atoms with Gasteiger partial charge in [-0.1, -0.05) is 0 Å². The van der Waals surface area contributed by atoms with Gasteiger partial charge in [-0.15, -0.1) is 0 Å². The Morgan fingerprint density at radius 2 is 1.96 bits per heavy atom. The normalized spacial score (nSPS) is 27.8. The second-order valence-electron chi connectivity index (χ2n) is 6.71. The maximum Gasteiger partial charge on any atom is 0.154 e. The second-order valence-corrected chi connectivity index (χ2v) is 9.25. The summed E-state index contributed by atoms with van der Waals surface area (Å²) in [7, 11) is -3.01. The minimum absolute atomic E-state index is 0.103. The molecular weight excluding hydrogens is 328 g/mol. The summed E-state index contributed by atoms with van der Waals surface area (Å²) in [4.78, 5) is 12.9. The fraction of sp³-hybridized carbons (Fsp3) is 0.750. The molecule has 134 valence electrons. The van der Waals surface area contributed by atoms with Crippen LogP contribution in [0.2, 0.25) is 0 Å². The molecule has 0 spiro atoms. The molecule has 2 fully saturated rings. The third kappa shape index (κ3) is 3.64. The predicted octanol–water partition coefficient (Wildman–Crippen LogP) is 0.841. The van der Waals surface area contributed by atoms with Gasteiger partial charge in [-0.3, -0.25) is 0 Å². The van der Waals surface area contributed by atoms with Crippen LogP contribution < -0.4 is 9.80 Å². The van der Waals surface area contributed by atoms with E-state index in [2.05, 4.69) is 14.9 Å². The lowest BCUT2D eigenvalue weighted by Crippen LogP contribution is -2.42. The molecule has 2 aliphatic rings. The lowest BCUT2D eigenvalue weighted by Gasteiger charge is -2.36. The number of sulfone groups is 1. The Balaban J connectivity index is 1.80. The van der Waals surface area contributed by atoms with Crippen molar-refractivity contribution in [3.8, 4) is 0 Å². The van der Waals surface area contributed by atoms with Gasteiger partial charge in [0.2, 0.25) is 0 Å². The lowest BCUT2D eigenvalue weighted by atomic mass is 10.0. The minimum atomic E-state index is -3.01. The van der Waals surface area contributed by atoms with Crippen molar-refractivity contribution in [3.05, 3.63) is 12.4 Å². The van der Waals surface area contributed by atoms with Gasteiger partial charge in [0, 0.05) is 25.7 Å². The number of piperidine rings is 1. The first-order valence-electron chi connectivity index (χ1n) is 8.67. The molecule has 8 heteroatoms. The maximum atomic E-state index is 12.1. The van der Waals surface area contributed by atoms with Crippen molar-refractivity contribution in [1.82, 2.24) is 9.97 Å². The van der Waals surface area contributed by atoms with Gasteiger partial charge in [-0.2, -0.15) is 0 Å². The van der Waals surface area contributed by atoms with Gasteiger partial charge >= 0.3 is 0 Å². The van der Waals surface area contributed by atoms with Gasteiger partial charge in [-0.25, -0.2) is 18.4 Å². The van der Waals surface area contributed by atoms with Gasteiger partial charge in [0.25, 0.3) is 0 Å². The molecule has 2 saturated heterocycles. The summed E-state index contributed by atoms with van der Waals surface area (Å²) in [6.45, 7) is 3.93. The summed E-state index contributed by atoms with van der Waals surface area (Å²) in [5, 5.41) is 9.30. The van der Waals surface area contributed by atoms with Crippen LogP contribution in [0.5, 0.6) is 0 Å². The van der Waals surface area contributed by atoms with Crippen molar-refractivity contribution in [2.45, 2.75) is 43.9 Å². The fourth-order valence-electron chi connectivity index (χ4n) is 3.46. The average molecular weight is 354 g/mol. The molecule has 0 radical (unpaired) electrons. The van der Waals surface area contributed by atoms with Crippen LogP contribution in [0.4, 0.5) is 11.6 Å².